The van der Waals surface area contributed by atoms with Crippen LogP contribution < -0.4 is 4.90 Å². The van der Waals surface area contributed by atoms with Crippen LogP contribution in [0.1, 0.15) is 28.3 Å². The number of hydrogen-bond acceptors (Lipinski definition) is 4. The van der Waals surface area contributed by atoms with Gasteiger partial charge in [0, 0.05) is 49.8 Å². The van der Waals surface area contributed by atoms with Gasteiger partial charge in [0.1, 0.15) is 11.6 Å². The number of amides is 1. The summed E-state index contributed by atoms with van der Waals surface area (Å²) in [6.07, 6.45) is 1.49. The van der Waals surface area contributed by atoms with Gasteiger partial charge in [-0.25, -0.2) is 4.98 Å². The van der Waals surface area contributed by atoms with E-state index in [4.69, 9.17) is 4.42 Å². The van der Waals surface area contributed by atoms with Gasteiger partial charge in [-0.05, 0) is 55.8 Å². The molecule has 4 heterocycles. The van der Waals surface area contributed by atoms with E-state index in [1.807, 2.05) is 43.0 Å². The second kappa shape index (κ2) is 9.17. The van der Waals surface area contributed by atoms with Gasteiger partial charge in [-0.15, -0.1) is 0 Å². The van der Waals surface area contributed by atoms with Crippen molar-refractivity contribution >= 4 is 17.8 Å². The molecule has 9 heteroatoms. The molecule has 3 aromatic rings. The standard InChI is InChI=1S/C24H25F3N4O2/c1-17-14-19(18(2)31(17)16-21-4-3-13-33-21)5-8-23(32)30-11-9-29(10-12-30)22-7-6-20(15-28-22)24(25,26)27/h3-8,13-15H,9-12,16H2,1-2H3/b8-5+. The molecule has 1 amide bonds. The number of piperazine rings is 1. The lowest BCUT2D eigenvalue weighted by Gasteiger charge is -2.35. The minimum absolute atomic E-state index is 0.0918. The van der Waals surface area contributed by atoms with E-state index in [1.54, 1.807) is 17.2 Å². The van der Waals surface area contributed by atoms with Crippen molar-refractivity contribution in [2.24, 2.45) is 0 Å². The zero-order valence-electron chi connectivity index (χ0n) is 18.5. The van der Waals surface area contributed by atoms with Crippen LogP contribution >= 0.6 is 0 Å². The first kappa shape index (κ1) is 22.7. The van der Waals surface area contributed by atoms with Crippen LogP contribution in [0.2, 0.25) is 0 Å². The van der Waals surface area contributed by atoms with Crippen molar-refractivity contribution in [2.45, 2.75) is 26.6 Å². The fraction of sp³-hybridized carbons (Fsp3) is 0.333. The molecule has 0 aromatic carbocycles. The molecule has 0 atom stereocenters. The van der Waals surface area contributed by atoms with Crippen LogP contribution in [0.3, 0.4) is 0 Å². The van der Waals surface area contributed by atoms with Crippen LogP contribution in [-0.4, -0.2) is 46.5 Å². The van der Waals surface area contributed by atoms with Crippen LogP contribution in [0.5, 0.6) is 0 Å². The molecule has 0 unspecified atom stereocenters. The highest BCUT2D eigenvalue weighted by molar-refractivity contribution is 5.92. The highest BCUT2D eigenvalue weighted by atomic mass is 19.4. The molecule has 6 nitrogen and oxygen atoms in total. The lowest BCUT2D eigenvalue weighted by atomic mass is 10.2. The summed E-state index contributed by atoms with van der Waals surface area (Å²) in [4.78, 5) is 20.2. The third-order valence-corrected chi connectivity index (χ3v) is 5.90. The van der Waals surface area contributed by atoms with E-state index in [0.717, 1.165) is 35.0 Å². The van der Waals surface area contributed by atoms with Crippen molar-refractivity contribution in [3.8, 4) is 0 Å². The number of hydrogen-bond donors (Lipinski definition) is 0. The van der Waals surface area contributed by atoms with Crippen LogP contribution in [0, 0.1) is 13.8 Å². The molecule has 174 valence electrons. The normalized spacial score (nSPS) is 14.9. The number of furan rings is 1. The second-order valence-corrected chi connectivity index (χ2v) is 8.04. The Bertz CT molecular complexity index is 1120. The lowest BCUT2D eigenvalue weighted by molar-refractivity contribution is -0.137. The zero-order chi connectivity index (χ0) is 23.6. The monoisotopic (exact) mass is 458 g/mol. The second-order valence-electron chi connectivity index (χ2n) is 8.04. The minimum Gasteiger partial charge on any atom is -0.467 e. The van der Waals surface area contributed by atoms with Crippen LogP contribution in [-0.2, 0) is 17.5 Å². The number of rotatable bonds is 5. The summed E-state index contributed by atoms with van der Waals surface area (Å²) < 4.78 is 45.7. The first-order valence-corrected chi connectivity index (χ1v) is 10.7. The fourth-order valence-corrected chi connectivity index (χ4v) is 3.96. The molecule has 1 aliphatic heterocycles. The van der Waals surface area contributed by atoms with E-state index in [-0.39, 0.29) is 5.91 Å². The van der Waals surface area contributed by atoms with Crippen molar-refractivity contribution in [1.29, 1.82) is 0 Å². The molecule has 0 saturated carbocycles. The number of alkyl halides is 3. The molecule has 0 N–H and O–H groups in total. The molecule has 1 fully saturated rings. The predicted octanol–water partition coefficient (Wildman–Crippen LogP) is 4.52. The Labute approximate surface area is 189 Å². The Hall–Kier alpha value is -3.49. The number of pyridine rings is 1. The molecule has 1 aliphatic rings. The maximum Gasteiger partial charge on any atom is 0.417 e. The Morgan fingerprint density at radius 2 is 1.91 bits per heavy atom. The number of carbonyl (C=O) groups is 1. The van der Waals surface area contributed by atoms with Crippen LogP contribution in [0.15, 0.2) is 53.3 Å². The van der Waals surface area contributed by atoms with Crippen molar-refractivity contribution in [3.63, 3.8) is 0 Å². The van der Waals surface area contributed by atoms with Crippen molar-refractivity contribution in [1.82, 2.24) is 14.5 Å². The van der Waals surface area contributed by atoms with Crippen molar-refractivity contribution in [3.05, 3.63) is 77.1 Å². The topological polar surface area (TPSA) is 54.5 Å². The fourth-order valence-electron chi connectivity index (χ4n) is 3.96. The first-order valence-electron chi connectivity index (χ1n) is 10.7. The number of aromatic nitrogens is 2. The Morgan fingerprint density at radius 1 is 1.15 bits per heavy atom. The number of halogens is 3. The molecule has 4 rings (SSSR count). The Balaban J connectivity index is 1.35. The lowest BCUT2D eigenvalue weighted by Crippen LogP contribution is -2.48. The Morgan fingerprint density at radius 3 is 2.52 bits per heavy atom. The van der Waals surface area contributed by atoms with Gasteiger partial charge in [-0.2, -0.15) is 13.2 Å². The number of anilines is 1. The highest BCUT2D eigenvalue weighted by Crippen LogP contribution is 2.29. The summed E-state index contributed by atoms with van der Waals surface area (Å²) in [6.45, 7) is 6.63. The molecule has 0 spiro atoms. The largest absolute Gasteiger partial charge is 0.467 e. The molecule has 0 radical (unpaired) electrons. The highest BCUT2D eigenvalue weighted by Gasteiger charge is 2.31. The van der Waals surface area contributed by atoms with E-state index in [9.17, 15) is 18.0 Å². The smallest absolute Gasteiger partial charge is 0.417 e. The van der Waals surface area contributed by atoms with Gasteiger partial charge in [0.05, 0.1) is 18.4 Å². The minimum atomic E-state index is -4.40. The van der Waals surface area contributed by atoms with E-state index >= 15 is 0 Å². The summed E-state index contributed by atoms with van der Waals surface area (Å²) in [5, 5.41) is 0. The summed E-state index contributed by atoms with van der Waals surface area (Å²) >= 11 is 0. The van der Waals surface area contributed by atoms with Crippen molar-refractivity contribution in [2.75, 3.05) is 31.1 Å². The van der Waals surface area contributed by atoms with Crippen LogP contribution in [0.4, 0.5) is 19.0 Å². The average Bonchev–Trinajstić information content (AvgIpc) is 3.41. The quantitative estimate of drug-likeness (QED) is 0.528. The zero-order valence-corrected chi connectivity index (χ0v) is 18.5. The Kier molecular flexibility index (Phi) is 6.31. The van der Waals surface area contributed by atoms with Gasteiger partial charge in [-0.1, -0.05) is 0 Å². The molecule has 3 aromatic heterocycles. The molecular formula is C24H25F3N4O2. The molecular weight excluding hydrogens is 433 g/mol. The van der Waals surface area contributed by atoms with E-state index in [0.29, 0.717) is 38.5 Å². The van der Waals surface area contributed by atoms with Crippen LogP contribution in [0.25, 0.3) is 6.08 Å². The summed E-state index contributed by atoms with van der Waals surface area (Å²) in [6, 6.07) is 8.23. The van der Waals surface area contributed by atoms with Gasteiger partial charge in [-0.3, -0.25) is 4.79 Å². The maximum absolute atomic E-state index is 12.7. The maximum atomic E-state index is 12.7. The SMILES string of the molecule is Cc1cc(/C=C/C(=O)N2CCN(c3ccc(C(F)(F)F)cn3)CC2)c(C)n1Cc1ccco1. The summed E-state index contributed by atoms with van der Waals surface area (Å²) in [5.41, 5.74) is 2.33. The number of nitrogens with zero attached hydrogens (tertiary/aromatic N) is 4. The molecule has 1 saturated heterocycles. The molecule has 0 aliphatic carbocycles. The van der Waals surface area contributed by atoms with E-state index in [1.165, 1.54) is 6.07 Å². The van der Waals surface area contributed by atoms with Gasteiger partial charge in [0.25, 0.3) is 0 Å². The number of carbonyl (C=O) groups excluding carboxylic acids is 1. The van der Waals surface area contributed by atoms with Gasteiger partial charge in [0.15, 0.2) is 0 Å². The molecule has 33 heavy (non-hydrogen) atoms. The third-order valence-electron chi connectivity index (χ3n) is 5.90. The predicted molar refractivity (Wildman–Crippen MR) is 119 cm³/mol. The van der Waals surface area contributed by atoms with E-state index in [2.05, 4.69) is 9.55 Å². The first-order chi connectivity index (χ1) is 15.7. The summed E-state index contributed by atoms with van der Waals surface area (Å²) in [5.74, 6) is 1.25. The average molecular weight is 458 g/mol. The molecule has 0 bridgehead atoms. The van der Waals surface area contributed by atoms with Crippen molar-refractivity contribution < 1.29 is 22.4 Å². The van der Waals surface area contributed by atoms with Gasteiger partial charge >= 0.3 is 6.18 Å². The van der Waals surface area contributed by atoms with Gasteiger partial charge < -0.3 is 18.8 Å². The third kappa shape index (κ3) is 5.13. The van der Waals surface area contributed by atoms with Gasteiger partial charge in [0.2, 0.25) is 5.91 Å². The number of aryl methyl sites for hydroxylation is 1. The van der Waals surface area contributed by atoms with E-state index < -0.39 is 11.7 Å². The summed E-state index contributed by atoms with van der Waals surface area (Å²) in [7, 11) is 0.